The van der Waals surface area contributed by atoms with E-state index in [2.05, 4.69) is 17.4 Å². The van der Waals surface area contributed by atoms with Gasteiger partial charge >= 0.3 is 0 Å². The van der Waals surface area contributed by atoms with Crippen molar-refractivity contribution < 1.29 is 13.2 Å². The summed E-state index contributed by atoms with van der Waals surface area (Å²) in [5.74, 6) is 0. The number of rotatable bonds is 7. The topological polar surface area (TPSA) is 63.2 Å². The Morgan fingerprint density at radius 1 is 1.37 bits per heavy atom. The van der Waals surface area contributed by atoms with Gasteiger partial charge in [-0.05, 0) is 30.7 Å². The van der Waals surface area contributed by atoms with Crippen molar-refractivity contribution in [2.75, 3.05) is 0 Å². The Hall–Kier alpha value is -0.560. The molecule has 1 N–H and O–H groups in total. The van der Waals surface area contributed by atoms with Crippen LogP contribution in [-0.4, -0.2) is 19.6 Å². The van der Waals surface area contributed by atoms with Crippen LogP contribution < -0.4 is 4.72 Å². The fourth-order valence-corrected chi connectivity index (χ4v) is 3.15. The normalized spacial score (nSPS) is 13.2. The lowest BCUT2D eigenvalue weighted by Gasteiger charge is -2.15. The molecule has 0 bridgehead atoms. The molecule has 0 aliphatic heterocycles. The number of benzene rings is 1. The zero-order valence-electron chi connectivity index (χ0n) is 10.5. The van der Waals surface area contributed by atoms with Gasteiger partial charge in [0.25, 0.3) is 0 Å². The van der Waals surface area contributed by atoms with E-state index < -0.39 is 21.2 Å². The quantitative estimate of drug-likeness (QED) is 0.759. The molecule has 0 saturated carbocycles. The lowest BCUT2D eigenvalue weighted by molar-refractivity contribution is -0.112. The zero-order chi connectivity index (χ0) is 14.5. The fourth-order valence-electron chi connectivity index (χ4n) is 1.51. The van der Waals surface area contributed by atoms with Gasteiger partial charge in [0.1, 0.15) is 0 Å². The second-order valence-corrected chi connectivity index (χ2v) is 6.70. The summed E-state index contributed by atoms with van der Waals surface area (Å²) in [5, 5.41) is -0.0299. The lowest BCUT2D eigenvalue weighted by Crippen LogP contribution is -2.38. The van der Waals surface area contributed by atoms with E-state index in [1.807, 2.05) is 6.92 Å². The number of sulfonamides is 1. The van der Waals surface area contributed by atoms with E-state index >= 15 is 0 Å². The predicted molar refractivity (Wildman–Crippen MR) is 79.1 cm³/mol. The summed E-state index contributed by atoms with van der Waals surface area (Å²) in [7, 11) is -3.73. The van der Waals surface area contributed by atoms with Crippen molar-refractivity contribution in [3.8, 4) is 0 Å². The van der Waals surface area contributed by atoms with Crippen LogP contribution >= 0.6 is 24.2 Å². The van der Waals surface area contributed by atoms with Crippen molar-refractivity contribution in [3.63, 3.8) is 0 Å². The van der Waals surface area contributed by atoms with Crippen molar-refractivity contribution in [2.24, 2.45) is 0 Å². The minimum absolute atomic E-state index is 0.0768. The molecular weight excluding hydrogens is 306 g/mol. The van der Waals surface area contributed by atoms with E-state index in [1.54, 1.807) is 0 Å². The standard InChI is InChI=1S/C12H16ClNO3S2/c1-2-3-4-11(12(15)18)14-19(16,17)10-7-5-9(13)6-8-10/h5-8,11,14H,2-4H2,1H3,(H,15,18). The Morgan fingerprint density at radius 3 is 2.42 bits per heavy atom. The molecule has 1 aromatic carbocycles. The Bertz CT molecular complexity index is 528. The molecule has 0 aliphatic carbocycles. The van der Waals surface area contributed by atoms with E-state index in [1.165, 1.54) is 24.3 Å². The maximum atomic E-state index is 12.1. The first-order valence-electron chi connectivity index (χ1n) is 5.87. The van der Waals surface area contributed by atoms with Crippen LogP contribution in [0.2, 0.25) is 5.02 Å². The van der Waals surface area contributed by atoms with E-state index in [0.717, 1.165) is 12.8 Å². The van der Waals surface area contributed by atoms with Crippen molar-refractivity contribution in [1.82, 2.24) is 4.72 Å². The van der Waals surface area contributed by atoms with Gasteiger partial charge in [0.05, 0.1) is 10.9 Å². The maximum absolute atomic E-state index is 12.1. The summed E-state index contributed by atoms with van der Waals surface area (Å²) in [6.07, 6.45) is 2.06. The number of thiol groups is 1. The fraction of sp³-hybridized carbons (Fsp3) is 0.417. The van der Waals surface area contributed by atoms with E-state index in [-0.39, 0.29) is 4.90 Å². The average molecular weight is 322 g/mol. The monoisotopic (exact) mass is 321 g/mol. The maximum Gasteiger partial charge on any atom is 0.241 e. The van der Waals surface area contributed by atoms with Gasteiger partial charge in [-0.25, -0.2) is 8.42 Å². The van der Waals surface area contributed by atoms with Crippen molar-refractivity contribution in [1.29, 1.82) is 0 Å². The number of carbonyl (C=O) groups excluding carboxylic acids is 1. The highest BCUT2D eigenvalue weighted by molar-refractivity contribution is 7.97. The molecule has 1 unspecified atom stereocenters. The molecule has 0 fully saturated rings. The van der Waals surface area contributed by atoms with E-state index in [9.17, 15) is 13.2 Å². The smallest absolute Gasteiger partial charge is 0.241 e. The SMILES string of the molecule is CCCCC(NS(=O)(=O)c1ccc(Cl)cc1)C(=O)S. The molecule has 19 heavy (non-hydrogen) atoms. The Balaban J connectivity index is 2.87. The molecule has 0 aliphatic rings. The molecule has 0 spiro atoms. The number of carbonyl (C=O) groups is 1. The third-order valence-electron chi connectivity index (χ3n) is 2.57. The molecule has 7 heteroatoms. The molecule has 0 aromatic heterocycles. The molecule has 0 heterocycles. The molecule has 1 atom stereocenters. The van der Waals surface area contributed by atoms with Crippen molar-refractivity contribution in [2.45, 2.75) is 37.1 Å². The minimum Gasteiger partial charge on any atom is -0.286 e. The highest BCUT2D eigenvalue weighted by atomic mass is 35.5. The Kier molecular flexibility index (Phi) is 6.32. The van der Waals surface area contributed by atoms with Gasteiger partial charge in [-0.15, -0.1) is 12.6 Å². The van der Waals surface area contributed by atoms with Crippen LogP contribution in [0.15, 0.2) is 29.2 Å². The summed E-state index contributed by atoms with van der Waals surface area (Å²) < 4.78 is 26.5. The third kappa shape index (κ3) is 5.14. The molecule has 1 aromatic rings. The number of halogens is 1. The first kappa shape index (κ1) is 16.5. The van der Waals surface area contributed by atoms with Crippen LogP contribution in [0.1, 0.15) is 26.2 Å². The number of nitrogens with one attached hydrogen (secondary N) is 1. The van der Waals surface area contributed by atoms with Crippen LogP contribution in [-0.2, 0) is 14.8 Å². The number of hydrogen-bond donors (Lipinski definition) is 2. The summed E-state index contributed by atoms with van der Waals surface area (Å²) in [4.78, 5) is 11.4. The molecule has 4 nitrogen and oxygen atoms in total. The number of unbranched alkanes of at least 4 members (excludes halogenated alkanes) is 1. The van der Waals surface area contributed by atoms with Gasteiger partial charge in [-0.3, -0.25) is 4.79 Å². The second kappa shape index (κ2) is 7.28. The predicted octanol–water partition coefficient (Wildman–Crippen LogP) is 2.63. The van der Waals surface area contributed by atoms with Gasteiger partial charge in [0.15, 0.2) is 0 Å². The lowest BCUT2D eigenvalue weighted by atomic mass is 10.1. The minimum atomic E-state index is -3.73. The molecule has 0 radical (unpaired) electrons. The summed E-state index contributed by atoms with van der Waals surface area (Å²) >= 11 is 9.42. The largest absolute Gasteiger partial charge is 0.286 e. The summed E-state index contributed by atoms with van der Waals surface area (Å²) in [6, 6.07) is 4.96. The number of hydrogen-bond acceptors (Lipinski definition) is 3. The first-order chi connectivity index (χ1) is 8.86. The molecule has 1 rings (SSSR count). The Morgan fingerprint density at radius 2 is 1.95 bits per heavy atom. The third-order valence-corrected chi connectivity index (χ3v) is 4.62. The van der Waals surface area contributed by atoms with Crippen molar-refractivity contribution in [3.05, 3.63) is 29.3 Å². The second-order valence-electron chi connectivity index (χ2n) is 4.11. The molecule has 0 amide bonds. The first-order valence-corrected chi connectivity index (χ1v) is 8.18. The van der Waals surface area contributed by atoms with Crippen LogP contribution in [0.4, 0.5) is 0 Å². The van der Waals surface area contributed by atoms with Gasteiger partial charge in [-0.2, -0.15) is 4.72 Å². The van der Waals surface area contributed by atoms with Crippen LogP contribution in [0.5, 0.6) is 0 Å². The molecule has 0 saturated heterocycles. The summed E-state index contributed by atoms with van der Waals surface area (Å²) in [5.41, 5.74) is 0. The van der Waals surface area contributed by atoms with Crippen molar-refractivity contribution >= 4 is 39.4 Å². The van der Waals surface area contributed by atoms with E-state index in [0.29, 0.717) is 11.4 Å². The van der Waals surface area contributed by atoms with E-state index in [4.69, 9.17) is 11.6 Å². The van der Waals surface area contributed by atoms with Crippen LogP contribution in [0.3, 0.4) is 0 Å². The highest BCUT2D eigenvalue weighted by Crippen LogP contribution is 2.15. The van der Waals surface area contributed by atoms with Gasteiger partial charge in [-0.1, -0.05) is 31.4 Å². The Labute approximate surface area is 124 Å². The van der Waals surface area contributed by atoms with Gasteiger partial charge in [0.2, 0.25) is 15.1 Å². The zero-order valence-corrected chi connectivity index (χ0v) is 12.9. The van der Waals surface area contributed by atoms with Gasteiger partial charge in [0, 0.05) is 5.02 Å². The average Bonchev–Trinajstić information content (AvgIpc) is 2.34. The van der Waals surface area contributed by atoms with Gasteiger partial charge < -0.3 is 0 Å². The van der Waals surface area contributed by atoms with Crippen LogP contribution in [0.25, 0.3) is 0 Å². The van der Waals surface area contributed by atoms with Crippen LogP contribution in [0, 0.1) is 0 Å². The molecule has 106 valence electrons. The highest BCUT2D eigenvalue weighted by Gasteiger charge is 2.23. The summed E-state index contributed by atoms with van der Waals surface area (Å²) in [6.45, 7) is 1.97. The molecular formula is C12H16ClNO3S2.